The average Bonchev–Trinajstić information content (AvgIpc) is 3.09. The summed E-state index contributed by atoms with van der Waals surface area (Å²) in [5.74, 6) is 0. The monoisotopic (exact) mass is 398 g/mol. The summed E-state index contributed by atoms with van der Waals surface area (Å²) in [4.78, 5) is 0.304. The van der Waals surface area contributed by atoms with Crippen LogP contribution in [0.15, 0.2) is 59.6 Å². The number of rotatable bonds is 9. The number of fused-ring (bicyclic) bond motifs is 1. The first-order chi connectivity index (χ1) is 13.4. The van der Waals surface area contributed by atoms with Crippen LogP contribution in [0.25, 0.3) is 10.9 Å². The molecular weight excluding hydrogens is 368 g/mol. The summed E-state index contributed by atoms with van der Waals surface area (Å²) in [6.07, 6.45) is 7.83. The van der Waals surface area contributed by atoms with E-state index in [1.54, 1.807) is 18.3 Å². The number of aryl methyl sites for hydroxylation is 1. The fraction of sp³-hybridized carbons (Fsp3) is 0.391. The topological polar surface area (TPSA) is 51.1 Å². The zero-order valence-corrected chi connectivity index (χ0v) is 17.8. The van der Waals surface area contributed by atoms with Crippen molar-refractivity contribution in [2.45, 2.75) is 63.8 Å². The highest BCUT2D eigenvalue weighted by atomic mass is 32.2. The van der Waals surface area contributed by atoms with Gasteiger partial charge < -0.3 is 5.32 Å². The van der Waals surface area contributed by atoms with E-state index < -0.39 is 10.0 Å². The Hall–Kier alpha value is -2.27. The maximum atomic E-state index is 13.0. The van der Waals surface area contributed by atoms with Crippen molar-refractivity contribution in [1.82, 2.24) is 3.97 Å². The molecule has 1 heterocycles. The Kier molecular flexibility index (Phi) is 6.45. The van der Waals surface area contributed by atoms with Crippen LogP contribution in [0.1, 0.15) is 51.5 Å². The standard InChI is InChI=1S/C23H30N2O2S/c1-4-5-6-7-8-19(3)24-21-11-14-23-20(17-21)15-16-25(23)28(26,27)22-12-9-18(2)10-13-22/h9-17,19,24H,4-8H2,1-3H3/t19-/m1/s1. The lowest BCUT2D eigenvalue weighted by Gasteiger charge is -2.15. The summed E-state index contributed by atoms with van der Waals surface area (Å²) >= 11 is 0. The van der Waals surface area contributed by atoms with Crippen molar-refractivity contribution in [2.24, 2.45) is 0 Å². The van der Waals surface area contributed by atoms with Gasteiger partial charge in [-0.1, -0.05) is 50.3 Å². The molecule has 3 aromatic rings. The Bertz CT molecular complexity index is 1020. The summed E-state index contributed by atoms with van der Waals surface area (Å²) in [6, 6.07) is 15.1. The highest BCUT2D eigenvalue weighted by Crippen LogP contribution is 2.25. The van der Waals surface area contributed by atoms with Crippen LogP contribution in [0.5, 0.6) is 0 Å². The molecule has 0 spiro atoms. The van der Waals surface area contributed by atoms with Crippen LogP contribution in [0.3, 0.4) is 0 Å². The fourth-order valence-electron chi connectivity index (χ4n) is 3.47. The van der Waals surface area contributed by atoms with Crippen molar-refractivity contribution in [1.29, 1.82) is 0 Å². The van der Waals surface area contributed by atoms with Crippen molar-refractivity contribution in [2.75, 3.05) is 5.32 Å². The largest absolute Gasteiger partial charge is 0.383 e. The van der Waals surface area contributed by atoms with Gasteiger partial charge in [0.05, 0.1) is 10.4 Å². The Morgan fingerprint density at radius 1 is 1.00 bits per heavy atom. The zero-order valence-electron chi connectivity index (χ0n) is 17.0. The van der Waals surface area contributed by atoms with E-state index in [1.807, 2.05) is 43.3 Å². The van der Waals surface area contributed by atoms with Crippen LogP contribution in [0.4, 0.5) is 5.69 Å². The van der Waals surface area contributed by atoms with Gasteiger partial charge in [0.25, 0.3) is 10.0 Å². The average molecular weight is 399 g/mol. The van der Waals surface area contributed by atoms with E-state index in [-0.39, 0.29) is 0 Å². The van der Waals surface area contributed by atoms with E-state index in [9.17, 15) is 8.42 Å². The number of anilines is 1. The number of aromatic nitrogens is 1. The third-order valence-electron chi connectivity index (χ3n) is 5.14. The van der Waals surface area contributed by atoms with Crippen LogP contribution in [0.2, 0.25) is 0 Å². The maximum Gasteiger partial charge on any atom is 0.268 e. The first kappa shape index (κ1) is 20.5. The lowest BCUT2D eigenvalue weighted by atomic mass is 10.1. The third kappa shape index (κ3) is 4.58. The van der Waals surface area contributed by atoms with Gasteiger partial charge in [0.2, 0.25) is 0 Å². The smallest absolute Gasteiger partial charge is 0.268 e. The highest BCUT2D eigenvalue weighted by molar-refractivity contribution is 7.90. The molecule has 1 aromatic heterocycles. The number of nitrogens with one attached hydrogen (secondary N) is 1. The number of benzene rings is 2. The minimum atomic E-state index is -3.60. The molecule has 0 radical (unpaired) electrons. The fourth-order valence-corrected chi connectivity index (χ4v) is 4.83. The molecular formula is C23H30N2O2S. The second-order valence-corrected chi connectivity index (χ2v) is 9.41. The van der Waals surface area contributed by atoms with E-state index in [4.69, 9.17) is 0 Å². The van der Waals surface area contributed by atoms with Crippen molar-refractivity contribution in [3.63, 3.8) is 0 Å². The van der Waals surface area contributed by atoms with Crippen molar-refractivity contribution in [3.05, 3.63) is 60.3 Å². The quantitative estimate of drug-likeness (QED) is 0.453. The molecule has 28 heavy (non-hydrogen) atoms. The molecule has 0 aliphatic carbocycles. The first-order valence-electron chi connectivity index (χ1n) is 10.1. The van der Waals surface area contributed by atoms with Crippen LogP contribution >= 0.6 is 0 Å². The minimum Gasteiger partial charge on any atom is -0.383 e. The lowest BCUT2D eigenvalue weighted by molar-refractivity contribution is 0.589. The first-order valence-corrected chi connectivity index (χ1v) is 11.6. The number of hydrogen-bond acceptors (Lipinski definition) is 3. The van der Waals surface area contributed by atoms with Crippen LogP contribution in [-0.2, 0) is 10.0 Å². The van der Waals surface area contributed by atoms with E-state index in [0.717, 1.165) is 23.1 Å². The summed E-state index contributed by atoms with van der Waals surface area (Å²) in [6.45, 7) is 6.37. The van der Waals surface area contributed by atoms with Crippen molar-refractivity contribution < 1.29 is 8.42 Å². The highest BCUT2D eigenvalue weighted by Gasteiger charge is 2.18. The molecule has 0 bridgehead atoms. The van der Waals surface area contributed by atoms with E-state index >= 15 is 0 Å². The molecule has 0 unspecified atom stereocenters. The van der Waals surface area contributed by atoms with Gasteiger partial charge in [0.1, 0.15) is 0 Å². The van der Waals surface area contributed by atoms with E-state index in [1.165, 1.54) is 29.7 Å². The van der Waals surface area contributed by atoms with Crippen LogP contribution in [0, 0.1) is 6.92 Å². The number of nitrogens with zero attached hydrogens (tertiary/aromatic N) is 1. The second kappa shape index (κ2) is 8.82. The molecule has 0 aliphatic rings. The predicted octanol–water partition coefficient (Wildman–Crippen LogP) is 5.96. The van der Waals surface area contributed by atoms with Gasteiger partial charge in [-0.15, -0.1) is 0 Å². The van der Waals surface area contributed by atoms with Gasteiger partial charge in [-0.05, 0) is 56.7 Å². The van der Waals surface area contributed by atoms with Gasteiger partial charge >= 0.3 is 0 Å². The molecule has 4 nitrogen and oxygen atoms in total. The Labute approximate surface area is 168 Å². The molecule has 1 atom stereocenters. The van der Waals surface area contributed by atoms with Crippen LogP contribution < -0.4 is 5.32 Å². The van der Waals surface area contributed by atoms with E-state index in [0.29, 0.717) is 16.5 Å². The molecule has 0 saturated carbocycles. The normalized spacial score (nSPS) is 13.0. The molecule has 2 aromatic carbocycles. The van der Waals surface area contributed by atoms with Crippen LogP contribution in [-0.4, -0.2) is 18.4 Å². The molecule has 0 saturated heterocycles. The maximum absolute atomic E-state index is 13.0. The SMILES string of the molecule is CCCCCC[C@@H](C)Nc1ccc2c(ccn2S(=O)(=O)c2ccc(C)cc2)c1. The zero-order chi connectivity index (χ0) is 20.1. The number of unbranched alkanes of at least 4 members (excludes halogenated alkanes) is 3. The van der Waals surface area contributed by atoms with E-state index in [2.05, 4.69) is 19.2 Å². The Morgan fingerprint density at radius 3 is 2.46 bits per heavy atom. The van der Waals surface area contributed by atoms with Crippen molar-refractivity contribution in [3.8, 4) is 0 Å². The molecule has 0 fully saturated rings. The summed E-state index contributed by atoms with van der Waals surface area (Å²) < 4.78 is 27.4. The second-order valence-electron chi connectivity index (χ2n) is 7.60. The molecule has 0 aliphatic heterocycles. The van der Waals surface area contributed by atoms with Gasteiger partial charge in [-0.3, -0.25) is 0 Å². The predicted molar refractivity (Wildman–Crippen MR) is 118 cm³/mol. The summed E-state index contributed by atoms with van der Waals surface area (Å²) in [5.41, 5.74) is 2.76. The summed E-state index contributed by atoms with van der Waals surface area (Å²) in [5, 5.41) is 4.45. The molecule has 0 amide bonds. The third-order valence-corrected chi connectivity index (χ3v) is 6.84. The Morgan fingerprint density at radius 2 is 1.75 bits per heavy atom. The van der Waals surface area contributed by atoms with Gasteiger partial charge in [-0.25, -0.2) is 12.4 Å². The van der Waals surface area contributed by atoms with Gasteiger partial charge in [0.15, 0.2) is 0 Å². The molecule has 150 valence electrons. The number of hydrogen-bond donors (Lipinski definition) is 1. The lowest BCUT2D eigenvalue weighted by Crippen LogP contribution is -2.15. The Balaban J connectivity index is 1.78. The van der Waals surface area contributed by atoms with Gasteiger partial charge in [0, 0.05) is 23.3 Å². The minimum absolute atomic E-state index is 0.304. The molecule has 3 rings (SSSR count). The summed E-state index contributed by atoms with van der Waals surface area (Å²) in [7, 11) is -3.60. The molecule has 1 N–H and O–H groups in total. The van der Waals surface area contributed by atoms with Gasteiger partial charge in [-0.2, -0.15) is 0 Å². The van der Waals surface area contributed by atoms with Crippen molar-refractivity contribution >= 4 is 26.6 Å². The molecule has 5 heteroatoms.